The third-order valence-electron chi connectivity index (χ3n) is 6.63. The van der Waals surface area contributed by atoms with Crippen LogP contribution in [-0.4, -0.2) is 65.1 Å². The largest absolute Gasteiger partial charge is 0.494 e. The molecule has 5 rings (SSSR count). The number of nitro benzene ring substituents is 1. The molecule has 1 saturated heterocycles. The molecule has 1 aliphatic heterocycles. The smallest absolute Gasteiger partial charge is 0.294 e. The number of benzene rings is 2. The van der Waals surface area contributed by atoms with Gasteiger partial charge in [0.25, 0.3) is 5.69 Å². The lowest BCUT2D eigenvalue weighted by molar-refractivity contribution is -0.384. The van der Waals surface area contributed by atoms with Crippen LogP contribution < -0.4 is 15.0 Å². The van der Waals surface area contributed by atoms with E-state index in [1.165, 1.54) is 25.4 Å². The van der Waals surface area contributed by atoms with Crippen LogP contribution >= 0.6 is 11.6 Å². The molecule has 0 radical (unpaired) electrons. The Kier molecular flexibility index (Phi) is 6.57. The Morgan fingerprint density at radius 1 is 1.35 bits per heavy atom. The monoisotopic (exact) mass is 525 g/mol. The van der Waals surface area contributed by atoms with Gasteiger partial charge in [-0.2, -0.15) is 0 Å². The number of halogens is 2. The van der Waals surface area contributed by atoms with Gasteiger partial charge in [0.05, 0.1) is 34.6 Å². The van der Waals surface area contributed by atoms with Crippen LogP contribution in [0.5, 0.6) is 5.75 Å². The van der Waals surface area contributed by atoms with Gasteiger partial charge in [-0.25, -0.2) is 14.4 Å². The van der Waals surface area contributed by atoms with Crippen molar-refractivity contribution in [2.24, 2.45) is 0 Å². The Morgan fingerprint density at radius 3 is 2.86 bits per heavy atom. The highest BCUT2D eigenvalue weighted by Crippen LogP contribution is 2.41. The van der Waals surface area contributed by atoms with Crippen molar-refractivity contribution in [3.63, 3.8) is 0 Å². The number of methoxy groups -OCH3 is 1. The maximum Gasteiger partial charge on any atom is 0.294 e. The number of aromatic amines is 1. The van der Waals surface area contributed by atoms with Gasteiger partial charge in [-0.15, -0.1) is 0 Å². The van der Waals surface area contributed by atoms with Gasteiger partial charge in [0.1, 0.15) is 17.3 Å². The summed E-state index contributed by atoms with van der Waals surface area (Å²) >= 11 is 6.38. The van der Waals surface area contributed by atoms with Gasteiger partial charge >= 0.3 is 0 Å². The summed E-state index contributed by atoms with van der Waals surface area (Å²) in [5.41, 5.74) is 2.14. The molecular weight excluding hydrogens is 501 g/mol. The van der Waals surface area contributed by atoms with Crippen molar-refractivity contribution in [1.29, 1.82) is 0 Å². The van der Waals surface area contributed by atoms with Crippen molar-refractivity contribution < 1.29 is 14.1 Å². The topological polar surface area (TPSA) is 112 Å². The van der Waals surface area contributed by atoms with Crippen molar-refractivity contribution in [2.45, 2.75) is 12.5 Å². The number of anilines is 3. The Balaban J connectivity index is 1.52. The van der Waals surface area contributed by atoms with Gasteiger partial charge in [0.15, 0.2) is 0 Å². The van der Waals surface area contributed by atoms with Crippen LogP contribution in [0.1, 0.15) is 6.42 Å². The Morgan fingerprint density at radius 2 is 2.16 bits per heavy atom. The van der Waals surface area contributed by atoms with E-state index in [0.717, 1.165) is 6.42 Å². The average molecular weight is 526 g/mol. The molecule has 1 atom stereocenters. The third-order valence-corrected chi connectivity index (χ3v) is 6.90. The average Bonchev–Trinajstić information content (AvgIpc) is 3.53. The molecule has 1 aliphatic rings. The summed E-state index contributed by atoms with van der Waals surface area (Å²) in [4.78, 5) is 27.5. The normalized spacial score (nSPS) is 15.5. The van der Waals surface area contributed by atoms with Gasteiger partial charge in [0, 0.05) is 53.9 Å². The minimum atomic E-state index is -0.413. The van der Waals surface area contributed by atoms with Crippen LogP contribution in [0.4, 0.5) is 27.4 Å². The maximum atomic E-state index is 14.6. The van der Waals surface area contributed by atoms with Crippen LogP contribution in [0.15, 0.2) is 42.7 Å². The number of fused-ring (bicyclic) bond motifs is 1. The van der Waals surface area contributed by atoms with Crippen molar-refractivity contribution in [3.05, 3.63) is 63.7 Å². The zero-order chi connectivity index (χ0) is 26.3. The van der Waals surface area contributed by atoms with Crippen LogP contribution in [0.2, 0.25) is 5.02 Å². The molecule has 2 N–H and O–H groups in total. The van der Waals surface area contributed by atoms with Crippen LogP contribution in [0.3, 0.4) is 0 Å². The number of aromatic nitrogens is 3. The van der Waals surface area contributed by atoms with E-state index in [9.17, 15) is 14.5 Å². The second-order valence-corrected chi connectivity index (χ2v) is 9.44. The van der Waals surface area contributed by atoms with Gasteiger partial charge in [-0.05, 0) is 32.6 Å². The van der Waals surface area contributed by atoms with E-state index in [0.29, 0.717) is 58.4 Å². The summed E-state index contributed by atoms with van der Waals surface area (Å²) in [6.45, 7) is 1.37. The molecule has 0 saturated carbocycles. The highest BCUT2D eigenvalue weighted by molar-refractivity contribution is 6.33. The third kappa shape index (κ3) is 4.63. The predicted molar refractivity (Wildman–Crippen MR) is 142 cm³/mol. The van der Waals surface area contributed by atoms with Gasteiger partial charge < -0.3 is 24.8 Å². The fourth-order valence-corrected chi connectivity index (χ4v) is 4.86. The highest BCUT2D eigenvalue weighted by atomic mass is 35.5. The molecular formula is C25H25ClFN7O3. The van der Waals surface area contributed by atoms with Crippen LogP contribution in [0.25, 0.3) is 22.2 Å². The van der Waals surface area contributed by atoms with Crippen molar-refractivity contribution in [3.8, 4) is 17.0 Å². The van der Waals surface area contributed by atoms with E-state index in [2.05, 4.69) is 25.2 Å². The summed E-state index contributed by atoms with van der Waals surface area (Å²) in [6.07, 6.45) is 3.93. The first-order valence-corrected chi connectivity index (χ1v) is 12.0. The number of nitro groups is 1. The maximum absolute atomic E-state index is 14.6. The fraction of sp³-hybridized carbons (Fsp3) is 0.280. The molecule has 10 nitrogen and oxygen atoms in total. The molecule has 0 amide bonds. The number of ether oxygens (including phenoxy) is 1. The first kappa shape index (κ1) is 24.7. The Hall–Kier alpha value is -3.96. The number of likely N-dealkylation sites (N-methyl/N-ethyl adjacent to an activating group) is 1. The van der Waals surface area contributed by atoms with Gasteiger partial charge in [-0.3, -0.25) is 10.1 Å². The minimum Gasteiger partial charge on any atom is -0.494 e. The molecule has 2 aromatic heterocycles. The van der Waals surface area contributed by atoms with Gasteiger partial charge in [0.2, 0.25) is 5.95 Å². The predicted octanol–water partition coefficient (Wildman–Crippen LogP) is 5.22. The molecule has 0 spiro atoms. The van der Waals surface area contributed by atoms with Crippen LogP contribution in [-0.2, 0) is 0 Å². The summed E-state index contributed by atoms with van der Waals surface area (Å²) in [7, 11) is 5.49. The standard InChI is InChI=1S/C25H25ClFN7O3/c1-32(2)14-7-8-33(13-14)20-10-22(37-3)19(9-21(20)34(35)36)30-25-29-12-16(26)24(31-25)15-11-28-18-6-4-5-17(27)23(15)18/h4-6,9-12,14,28H,7-8,13H2,1-3H3,(H,29,30,31). The first-order valence-electron chi connectivity index (χ1n) is 11.6. The SMILES string of the molecule is COc1cc(N2CCC(N(C)C)C2)c([N+](=O)[O-])cc1Nc1ncc(Cl)c(-c2c[nH]c3cccc(F)c23)n1. The molecule has 12 heteroatoms. The van der Waals surface area contributed by atoms with E-state index in [-0.39, 0.29) is 16.7 Å². The summed E-state index contributed by atoms with van der Waals surface area (Å²) in [5.74, 6) is 0.107. The summed E-state index contributed by atoms with van der Waals surface area (Å²) in [5, 5.41) is 15.6. The zero-order valence-corrected chi connectivity index (χ0v) is 21.2. The number of nitrogens with one attached hydrogen (secondary N) is 2. The summed E-state index contributed by atoms with van der Waals surface area (Å²) < 4.78 is 20.2. The molecule has 192 valence electrons. The van der Waals surface area contributed by atoms with E-state index in [4.69, 9.17) is 16.3 Å². The molecule has 2 aromatic carbocycles. The number of rotatable bonds is 7. The number of nitrogens with zero attached hydrogens (tertiary/aromatic N) is 5. The molecule has 0 aliphatic carbocycles. The quantitative estimate of drug-likeness (QED) is 0.249. The van der Waals surface area contributed by atoms with Crippen molar-refractivity contribution in [2.75, 3.05) is 44.5 Å². The first-order chi connectivity index (χ1) is 17.8. The van der Waals surface area contributed by atoms with E-state index in [1.54, 1.807) is 24.4 Å². The minimum absolute atomic E-state index is 0.0596. The number of H-pyrrole nitrogens is 1. The fourth-order valence-electron chi connectivity index (χ4n) is 4.67. The molecule has 3 heterocycles. The van der Waals surface area contributed by atoms with E-state index < -0.39 is 10.7 Å². The lowest BCUT2D eigenvalue weighted by Crippen LogP contribution is -2.31. The van der Waals surface area contributed by atoms with Crippen molar-refractivity contribution in [1.82, 2.24) is 19.9 Å². The number of hydrogen-bond acceptors (Lipinski definition) is 8. The van der Waals surface area contributed by atoms with Crippen molar-refractivity contribution >= 4 is 45.5 Å². The lowest BCUT2D eigenvalue weighted by atomic mass is 10.1. The molecule has 0 bridgehead atoms. The second-order valence-electron chi connectivity index (χ2n) is 9.03. The second kappa shape index (κ2) is 9.83. The van der Waals surface area contributed by atoms with Crippen LogP contribution in [0, 0.1) is 15.9 Å². The van der Waals surface area contributed by atoms with E-state index >= 15 is 0 Å². The Labute approximate surface area is 217 Å². The molecule has 4 aromatic rings. The highest BCUT2D eigenvalue weighted by Gasteiger charge is 2.30. The lowest BCUT2D eigenvalue weighted by Gasteiger charge is -2.22. The van der Waals surface area contributed by atoms with Gasteiger partial charge in [-0.1, -0.05) is 17.7 Å². The Bertz CT molecular complexity index is 1490. The molecule has 1 fully saturated rings. The molecule has 37 heavy (non-hydrogen) atoms. The summed E-state index contributed by atoms with van der Waals surface area (Å²) in [6, 6.07) is 8.10. The zero-order valence-electron chi connectivity index (χ0n) is 20.5. The molecule has 1 unspecified atom stereocenters. The number of hydrogen-bond donors (Lipinski definition) is 2. The van der Waals surface area contributed by atoms with E-state index in [1.807, 2.05) is 19.0 Å².